The van der Waals surface area contributed by atoms with Crippen LogP contribution in [-0.4, -0.2) is 23.5 Å². The van der Waals surface area contributed by atoms with Crippen molar-refractivity contribution < 1.29 is 26.3 Å². The third kappa shape index (κ3) is 7.27. The average molecular weight is 659 g/mol. The summed E-state index contributed by atoms with van der Waals surface area (Å²) in [6, 6.07) is 25.7. The molecule has 6 nitrogen and oxygen atoms in total. The fraction of sp³-hybridized carbons (Fsp3) is 0.0938. The molecule has 0 spiro atoms. The predicted octanol–water partition coefficient (Wildman–Crippen LogP) is 9.77. The summed E-state index contributed by atoms with van der Waals surface area (Å²) in [6.07, 6.45) is 5.90. The number of anilines is 1. The molecule has 0 aliphatic rings. The van der Waals surface area contributed by atoms with Gasteiger partial charge in [-0.05, 0) is 84.3 Å². The molecule has 0 atom stereocenters. The second kappa shape index (κ2) is 12.8. The third-order valence-electron chi connectivity index (χ3n) is 6.53. The lowest BCUT2D eigenvalue weighted by molar-refractivity contribution is -0.0429. The summed E-state index contributed by atoms with van der Waals surface area (Å²) in [5, 5.41) is 1.11. The first-order chi connectivity index (χ1) is 20.9. The Morgan fingerprint density at radius 3 is 2.02 bits per heavy atom. The van der Waals surface area contributed by atoms with Gasteiger partial charge in [-0.3, -0.25) is 4.72 Å². The molecule has 226 valence electrons. The predicted molar refractivity (Wildman–Crippen MR) is 169 cm³/mol. The first-order valence-electron chi connectivity index (χ1n) is 13.2. The summed E-state index contributed by atoms with van der Waals surface area (Å²) < 4.78 is 69.5. The second-order valence-corrected chi connectivity index (χ2v) is 12.1. The molecule has 0 saturated carbocycles. The molecular weight excluding hydrogens is 634 g/mol. The Hall–Kier alpha value is -4.25. The van der Waals surface area contributed by atoms with Gasteiger partial charge in [0.1, 0.15) is 17.3 Å². The zero-order valence-electron chi connectivity index (χ0n) is 23.0. The maximum atomic E-state index is 12.6. The third-order valence-corrected chi connectivity index (χ3v) is 8.19. The Morgan fingerprint density at radius 1 is 0.864 bits per heavy atom. The summed E-state index contributed by atoms with van der Waals surface area (Å²) in [5.74, 6) is 1.63. The van der Waals surface area contributed by atoms with Crippen LogP contribution in [0.4, 0.5) is 18.9 Å². The summed E-state index contributed by atoms with van der Waals surface area (Å²) in [7, 11) is -5.49. The fourth-order valence-corrected chi connectivity index (χ4v) is 5.32. The maximum Gasteiger partial charge on any atom is 0.516 e. The summed E-state index contributed by atoms with van der Waals surface area (Å²) in [5.41, 5.74) is -1.12. The normalized spacial score (nSPS) is 12.0. The molecule has 0 fully saturated rings. The minimum atomic E-state index is -5.49. The van der Waals surface area contributed by atoms with Crippen LogP contribution in [0.5, 0.6) is 11.5 Å². The minimum Gasteiger partial charge on any atom is -0.457 e. The molecule has 0 aliphatic carbocycles. The Labute approximate surface area is 262 Å². The summed E-state index contributed by atoms with van der Waals surface area (Å²) in [4.78, 5) is 4.76. The van der Waals surface area contributed by atoms with E-state index in [-0.39, 0.29) is 5.69 Å². The molecule has 0 unspecified atom stereocenters. The highest BCUT2D eigenvalue weighted by Gasteiger charge is 2.46. The van der Waals surface area contributed by atoms with E-state index < -0.39 is 15.5 Å². The highest BCUT2D eigenvalue weighted by molar-refractivity contribution is 7.93. The summed E-state index contributed by atoms with van der Waals surface area (Å²) >= 11 is 12.4. The van der Waals surface area contributed by atoms with E-state index in [4.69, 9.17) is 32.9 Å². The van der Waals surface area contributed by atoms with Gasteiger partial charge in [0.25, 0.3) is 0 Å². The van der Waals surface area contributed by atoms with E-state index in [2.05, 4.69) is 0 Å². The van der Waals surface area contributed by atoms with Gasteiger partial charge in [0.15, 0.2) is 0 Å². The van der Waals surface area contributed by atoms with Crippen LogP contribution in [0.1, 0.15) is 18.3 Å². The van der Waals surface area contributed by atoms with Crippen LogP contribution in [0.15, 0.2) is 97.2 Å². The molecule has 0 aliphatic heterocycles. The standard InChI is InChI=1S/C32H24Cl2F3N3O3S/c1-2-40-20-30(28-17-10-24(33)19-29(28)34)38-31(40)18-5-21-3-6-22(7-4-21)23-8-13-26(14-9-23)43-27-15-11-25(12-16-27)39-44(41,42)32(35,36)37/h3-20,39H,2H2,1H3. The van der Waals surface area contributed by atoms with E-state index in [9.17, 15) is 21.6 Å². The molecule has 0 radical (unpaired) electrons. The number of nitrogens with one attached hydrogen (secondary N) is 1. The van der Waals surface area contributed by atoms with Crippen LogP contribution in [0.3, 0.4) is 0 Å². The van der Waals surface area contributed by atoms with Crippen molar-refractivity contribution in [2.75, 3.05) is 4.72 Å². The lowest BCUT2D eigenvalue weighted by Gasteiger charge is -2.11. The topological polar surface area (TPSA) is 73.2 Å². The smallest absolute Gasteiger partial charge is 0.457 e. The Balaban J connectivity index is 1.23. The molecule has 5 aromatic rings. The Kier molecular flexibility index (Phi) is 9.05. The van der Waals surface area contributed by atoms with Gasteiger partial charge in [0.2, 0.25) is 0 Å². The van der Waals surface area contributed by atoms with Crippen LogP contribution in [0, 0.1) is 0 Å². The van der Waals surface area contributed by atoms with Crippen molar-refractivity contribution in [1.82, 2.24) is 9.55 Å². The fourth-order valence-electron chi connectivity index (χ4n) is 4.26. The van der Waals surface area contributed by atoms with Crippen LogP contribution in [-0.2, 0) is 16.6 Å². The molecule has 1 aromatic heterocycles. The number of aromatic nitrogens is 2. The second-order valence-electron chi connectivity index (χ2n) is 9.55. The van der Waals surface area contributed by atoms with Crippen molar-refractivity contribution in [1.29, 1.82) is 0 Å². The molecule has 44 heavy (non-hydrogen) atoms. The zero-order chi connectivity index (χ0) is 31.5. The van der Waals surface area contributed by atoms with E-state index in [0.717, 1.165) is 40.3 Å². The number of nitrogens with zero attached hydrogens (tertiary/aromatic N) is 2. The number of rotatable bonds is 9. The number of imidazole rings is 1. The SMILES string of the molecule is CCn1cc(-c2ccc(Cl)cc2Cl)nc1C=Cc1ccc(-c2ccc(Oc3ccc(NS(=O)(=O)C(F)(F)F)cc3)cc2)cc1. The molecule has 0 saturated heterocycles. The van der Waals surface area contributed by atoms with Gasteiger partial charge in [-0.15, -0.1) is 0 Å². The average Bonchev–Trinajstić information content (AvgIpc) is 3.40. The van der Waals surface area contributed by atoms with E-state index in [1.165, 1.54) is 29.0 Å². The van der Waals surface area contributed by atoms with Crippen molar-refractivity contribution in [2.45, 2.75) is 19.0 Å². The highest BCUT2D eigenvalue weighted by Crippen LogP contribution is 2.31. The largest absolute Gasteiger partial charge is 0.516 e. The van der Waals surface area contributed by atoms with E-state index in [1.54, 1.807) is 24.3 Å². The number of benzene rings is 4. The number of aryl methyl sites for hydroxylation is 1. The molecule has 1 heterocycles. The van der Waals surface area contributed by atoms with Crippen molar-refractivity contribution >= 4 is 51.1 Å². The van der Waals surface area contributed by atoms with Crippen molar-refractivity contribution in [3.8, 4) is 33.9 Å². The number of hydrogen-bond donors (Lipinski definition) is 1. The van der Waals surface area contributed by atoms with Crippen molar-refractivity contribution in [3.05, 3.63) is 119 Å². The van der Waals surface area contributed by atoms with Gasteiger partial charge in [-0.2, -0.15) is 21.6 Å². The van der Waals surface area contributed by atoms with Crippen LogP contribution < -0.4 is 9.46 Å². The van der Waals surface area contributed by atoms with Crippen molar-refractivity contribution in [2.24, 2.45) is 0 Å². The molecule has 4 aromatic carbocycles. The quantitative estimate of drug-likeness (QED) is 0.171. The van der Waals surface area contributed by atoms with Gasteiger partial charge < -0.3 is 9.30 Å². The zero-order valence-corrected chi connectivity index (χ0v) is 25.3. The van der Waals surface area contributed by atoms with Crippen molar-refractivity contribution in [3.63, 3.8) is 0 Å². The monoisotopic (exact) mass is 657 g/mol. The molecule has 12 heteroatoms. The molecule has 0 bridgehead atoms. The van der Waals surface area contributed by atoms with E-state index in [0.29, 0.717) is 21.5 Å². The highest BCUT2D eigenvalue weighted by atomic mass is 35.5. The molecular formula is C32H24Cl2F3N3O3S. The Bertz CT molecular complexity index is 1910. The lowest BCUT2D eigenvalue weighted by Crippen LogP contribution is -2.29. The Morgan fingerprint density at radius 2 is 1.45 bits per heavy atom. The number of hydrogen-bond acceptors (Lipinski definition) is 4. The van der Waals surface area contributed by atoms with Gasteiger partial charge in [-0.1, -0.05) is 65.7 Å². The van der Waals surface area contributed by atoms with Gasteiger partial charge in [0, 0.05) is 29.0 Å². The molecule has 1 N–H and O–H groups in total. The molecule has 5 rings (SSSR count). The number of halogens is 5. The van der Waals surface area contributed by atoms with Crippen LogP contribution >= 0.6 is 23.2 Å². The number of alkyl halides is 3. The lowest BCUT2D eigenvalue weighted by atomic mass is 10.0. The minimum absolute atomic E-state index is 0.230. The summed E-state index contributed by atoms with van der Waals surface area (Å²) in [6.45, 7) is 2.78. The van der Waals surface area contributed by atoms with Crippen LogP contribution in [0.25, 0.3) is 34.5 Å². The van der Waals surface area contributed by atoms with Gasteiger partial charge >= 0.3 is 15.5 Å². The first kappa shape index (κ1) is 31.2. The van der Waals surface area contributed by atoms with Gasteiger partial charge in [0.05, 0.1) is 10.7 Å². The first-order valence-corrected chi connectivity index (χ1v) is 15.4. The maximum absolute atomic E-state index is 12.6. The number of ether oxygens (including phenoxy) is 1. The molecule has 0 amide bonds. The number of sulfonamides is 1. The van der Waals surface area contributed by atoms with Crippen LogP contribution in [0.2, 0.25) is 10.0 Å². The van der Waals surface area contributed by atoms with E-state index in [1.807, 2.05) is 72.3 Å². The van der Waals surface area contributed by atoms with Gasteiger partial charge in [-0.25, -0.2) is 4.98 Å². The van der Waals surface area contributed by atoms with E-state index >= 15 is 0 Å².